The standard InChI is InChI=1S/C23H23FN2O2S/c1-16(19-7-9-20(24)10-8-19)26(3)23(27)13-6-18-4-11-22(12-5-18)28-14-21-15-29-17(2)25-21/h4-13,15-16H,14H2,1-3H3/b13-6+. The predicted octanol–water partition coefficient (Wildman–Crippen LogP) is 5.40. The molecule has 0 bridgehead atoms. The van der Waals surface area contributed by atoms with Crippen molar-refractivity contribution in [1.29, 1.82) is 0 Å². The molecule has 29 heavy (non-hydrogen) atoms. The molecule has 0 spiro atoms. The number of aromatic nitrogens is 1. The number of hydrogen-bond donors (Lipinski definition) is 0. The average Bonchev–Trinajstić information content (AvgIpc) is 3.16. The summed E-state index contributed by atoms with van der Waals surface area (Å²) in [5.74, 6) is 0.339. The molecule has 0 saturated carbocycles. The van der Waals surface area contributed by atoms with Gasteiger partial charge in [0.25, 0.3) is 0 Å². The molecule has 2 aromatic carbocycles. The summed E-state index contributed by atoms with van der Waals surface area (Å²) in [6.45, 7) is 4.31. The molecule has 4 nitrogen and oxygen atoms in total. The first kappa shape index (κ1) is 20.7. The predicted molar refractivity (Wildman–Crippen MR) is 114 cm³/mol. The molecule has 1 heterocycles. The zero-order chi connectivity index (χ0) is 20.8. The van der Waals surface area contributed by atoms with E-state index in [1.807, 2.05) is 43.5 Å². The molecule has 0 aliphatic carbocycles. The number of aryl methyl sites for hydroxylation is 1. The molecular weight excluding hydrogens is 387 g/mol. The monoisotopic (exact) mass is 410 g/mol. The average molecular weight is 411 g/mol. The van der Waals surface area contributed by atoms with Gasteiger partial charge < -0.3 is 9.64 Å². The van der Waals surface area contributed by atoms with E-state index in [2.05, 4.69) is 4.98 Å². The highest BCUT2D eigenvalue weighted by atomic mass is 32.1. The lowest BCUT2D eigenvalue weighted by molar-refractivity contribution is -0.126. The minimum Gasteiger partial charge on any atom is -0.487 e. The molecule has 0 N–H and O–H groups in total. The molecule has 1 aromatic heterocycles. The number of hydrogen-bond acceptors (Lipinski definition) is 4. The number of ether oxygens (including phenoxy) is 1. The van der Waals surface area contributed by atoms with E-state index >= 15 is 0 Å². The van der Waals surface area contributed by atoms with E-state index in [4.69, 9.17) is 4.74 Å². The molecule has 6 heteroatoms. The van der Waals surface area contributed by atoms with Crippen LogP contribution in [0.1, 0.15) is 34.8 Å². The normalized spacial score (nSPS) is 12.1. The first-order valence-electron chi connectivity index (χ1n) is 9.26. The third-order valence-electron chi connectivity index (χ3n) is 4.63. The topological polar surface area (TPSA) is 42.4 Å². The Balaban J connectivity index is 1.55. The van der Waals surface area contributed by atoms with Crippen LogP contribution in [-0.2, 0) is 11.4 Å². The molecule has 0 aliphatic rings. The van der Waals surface area contributed by atoms with Gasteiger partial charge >= 0.3 is 0 Å². The number of carbonyl (C=O) groups excluding carboxylic acids is 1. The largest absolute Gasteiger partial charge is 0.487 e. The smallest absolute Gasteiger partial charge is 0.246 e. The second kappa shape index (κ2) is 9.47. The second-order valence-corrected chi connectivity index (χ2v) is 7.79. The van der Waals surface area contributed by atoms with Crippen LogP contribution >= 0.6 is 11.3 Å². The maximum absolute atomic E-state index is 13.1. The van der Waals surface area contributed by atoms with Crippen LogP contribution in [0.5, 0.6) is 5.75 Å². The van der Waals surface area contributed by atoms with Crippen molar-refractivity contribution in [3.63, 3.8) is 0 Å². The summed E-state index contributed by atoms with van der Waals surface area (Å²) >= 11 is 1.60. The Labute approximate surface area is 174 Å². The minimum absolute atomic E-state index is 0.124. The third-order valence-corrected chi connectivity index (χ3v) is 5.46. The number of nitrogens with zero attached hydrogens (tertiary/aromatic N) is 2. The van der Waals surface area contributed by atoms with Gasteiger partial charge in [0.2, 0.25) is 5.91 Å². The van der Waals surface area contributed by atoms with Crippen LogP contribution in [0.15, 0.2) is 60.0 Å². The number of thiazole rings is 1. The van der Waals surface area contributed by atoms with Gasteiger partial charge in [0.15, 0.2) is 0 Å². The Hall–Kier alpha value is -2.99. The molecule has 0 saturated heterocycles. The third kappa shape index (κ3) is 5.74. The molecular formula is C23H23FN2O2S. The quantitative estimate of drug-likeness (QED) is 0.490. The number of amides is 1. The van der Waals surface area contributed by atoms with Gasteiger partial charge in [0.05, 0.1) is 16.7 Å². The van der Waals surface area contributed by atoms with Crippen LogP contribution in [0.25, 0.3) is 6.08 Å². The summed E-state index contributed by atoms with van der Waals surface area (Å²) in [6.07, 6.45) is 3.30. The van der Waals surface area contributed by atoms with E-state index in [0.29, 0.717) is 6.61 Å². The highest BCUT2D eigenvalue weighted by Gasteiger charge is 2.15. The molecule has 0 aliphatic heterocycles. The number of likely N-dealkylation sites (N-methyl/N-ethyl adjacent to an activating group) is 1. The second-order valence-electron chi connectivity index (χ2n) is 6.73. The van der Waals surface area contributed by atoms with E-state index in [1.165, 1.54) is 18.2 Å². The Bertz CT molecular complexity index is 981. The lowest BCUT2D eigenvalue weighted by Crippen LogP contribution is -2.27. The Morgan fingerprint density at radius 2 is 1.90 bits per heavy atom. The number of carbonyl (C=O) groups is 1. The molecule has 1 unspecified atom stereocenters. The highest BCUT2D eigenvalue weighted by molar-refractivity contribution is 7.09. The fourth-order valence-corrected chi connectivity index (χ4v) is 3.35. The van der Waals surface area contributed by atoms with Crippen LogP contribution in [-0.4, -0.2) is 22.8 Å². The van der Waals surface area contributed by atoms with Gasteiger partial charge in [-0.3, -0.25) is 4.79 Å². The minimum atomic E-state index is -0.288. The first-order chi connectivity index (χ1) is 13.9. The van der Waals surface area contributed by atoms with Gasteiger partial charge in [-0.1, -0.05) is 24.3 Å². The van der Waals surface area contributed by atoms with Crippen molar-refractivity contribution in [1.82, 2.24) is 9.88 Å². The summed E-state index contributed by atoms with van der Waals surface area (Å²) in [4.78, 5) is 18.5. The lowest BCUT2D eigenvalue weighted by Gasteiger charge is -2.24. The maximum atomic E-state index is 13.1. The van der Waals surface area contributed by atoms with Crippen LogP contribution < -0.4 is 4.74 Å². The number of halogens is 1. The van der Waals surface area contributed by atoms with E-state index in [0.717, 1.165) is 27.6 Å². The van der Waals surface area contributed by atoms with E-state index in [-0.39, 0.29) is 17.8 Å². The van der Waals surface area contributed by atoms with Crippen molar-refractivity contribution in [3.8, 4) is 5.75 Å². The van der Waals surface area contributed by atoms with Crippen LogP contribution in [0, 0.1) is 12.7 Å². The summed E-state index contributed by atoms with van der Waals surface area (Å²) in [5.41, 5.74) is 2.70. The molecule has 0 radical (unpaired) electrons. The SMILES string of the molecule is Cc1nc(COc2ccc(/C=C/C(=O)N(C)C(C)c3ccc(F)cc3)cc2)cs1. The Morgan fingerprint density at radius 1 is 1.21 bits per heavy atom. The summed E-state index contributed by atoms with van der Waals surface area (Å²) < 4.78 is 18.8. The first-order valence-corrected chi connectivity index (χ1v) is 10.1. The molecule has 1 atom stereocenters. The van der Waals surface area contributed by atoms with Gasteiger partial charge in [0, 0.05) is 18.5 Å². The number of benzene rings is 2. The maximum Gasteiger partial charge on any atom is 0.246 e. The van der Waals surface area contributed by atoms with Crippen molar-refractivity contribution in [2.75, 3.05) is 7.05 Å². The molecule has 0 fully saturated rings. The van der Waals surface area contributed by atoms with E-state index < -0.39 is 0 Å². The van der Waals surface area contributed by atoms with Crippen molar-refractivity contribution in [3.05, 3.63) is 87.6 Å². The van der Waals surface area contributed by atoms with Gasteiger partial charge in [-0.15, -0.1) is 11.3 Å². The Morgan fingerprint density at radius 3 is 2.52 bits per heavy atom. The van der Waals surface area contributed by atoms with E-state index in [9.17, 15) is 9.18 Å². The van der Waals surface area contributed by atoms with Gasteiger partial charge in [-0.2, -0.15) is 0 Å². The van der Waals surface area contributed by atoms with Crippen molar-refractivity contribution >= 4 is 23.3 Å². The molecule has 150 valence electrons. The Kier molecular flexibility index (Phi) is 6.77. The fourth-order valence-electron chi connectivity index (χ4n) is 2.75. The van der Waals surface area contributed by atoms with E-state index in [1.54, 1.807) is 41.5 Å². The lowest BCUT2D eigenvalue weighted by atomic mass is 10.1. The molecule has 3 aromatic rings. The summed E-state index contributed by atoms with van der Waals surface area (Å²) in [5, 5.41) is 3.01. The molecule has 1 amide bonds. The van der Waals surface area contributed by atoms with Gasteiger partial charge in [-0.05, 0) is 55.3 Å². The van der Waals surface area contributed by atoms with Gasteiger partial charge in [0.1, 0.15) is 18.2 Å². The van der Waals surface area contributed by atoms with Crippen molar-refractivity contribution in [2.45, 2.75) is 26.5 Å². The zero-order valence-corrected chi connectivity index (χ0v) is 17.4. The van der Waals surface area contributed by atoms with Crippen LogP contribution in [0.4, 0.5) is 4.39 Å². The zero-order valence-electron chi connectivity index (χ0n) is 16.6. The fraction of sp³-hybridized carbons (Fsp3) is 0.217. The number of rotatable bonds is 7. The summed E-state index contributed by atoms with van der Waals surface area (Å²) in [7, 11) is 1.73. The van der Waals surface area contributed by atoms with Gasteiger partial charge in [-0.25, -0.2) is 9.37 Å². The van der Waals surface area contributed by atoms with Crippen LogP contribution in [0.2, 0.25) is 0 Å². The van der Waals surface area contributed by atoms with Crippen molar-refractivity contribution in [2.24, 2.45) is 0 Å². The highest BCUT2D eigenvalue weighted by Crippen LogP contribution is 2.20. The summed E-state index contributed by atoms with van der Waals surface area (Å²) in [6, 6.07) is 13.6. The molecule has 3 rings (SSSR count). The van der Waals surface area contributed by atoms with Crippen molar-refractivity contribution < 1.29 is 13.9 Å². The van der Waals surface area contributed by atoms with Crippen LogP contribution in [0.3, 0.4) is 0 Å².